The molecule has 6 nitrogen and oxygen atoms in total. The summed E-state index contributed by atoms with van der Waals surface area (Å²) in [6.45, 7) is 7.26. The van der Waals surface area contributed by atoms with Crippen LogP contribution in [0.3, 0.4) is 0 Å². The molecule has 0 amide bonds. The zero-order valence-electron chi connectivity index (χ0n) is 13.3. The van der Waals surface area contributed by atoms with Crippen molar-refractivity contribution in [3.8, 4) is 0 Å². The van der Waals surface area contributed by atoms with Gasteiger partial charge in [0.25, 0.3) is 0 Å². The molecule has 3 N–H and O–H groups in total. The molecule has 7 heteroatoms. The van der Waals surface area contributed by atoms with Gasteiger partial charge in [0.1, 0.15) is 6.54 Å². The fourth-order valence-corrected chi connectivity index (χ4v) is 2.06. The van der Waals surface area contributed by atoms with E-state index in [-0.39, 0.29) is 30.0 Å². The first-order valence-electron chi connectivity index (χ1n) is 7.11. The highest BCUT2D eigenvalue weighted by molar-refractivity contribution is 14.0. The fraction of sp³-hybridized carbons (Fsp3) is 0.714. The lowest BCUT2D eigenvalue weighted by atomic mass is 9.99. The molecule has 1 aromatic rings. The van der Waals surface area contributed by atoms with E-state index in [1.807, 2.05) is 13.0 Å². The van der Waals surface area contributed by atoms with E-state index in [9.17, 15) is 0 Å². The van der Waals surface area contributed by atoms with Crippen molar-refractivity contribution in [2.45, 2.75) is 52.1 Å². The molecule has 0 bridgehead atoms. The molecule has 0 aromatic carbocycles. The Balaban J connectivity index is 0.00000400. The molecule has 1 aromatic heterocycles. The van der Waals surface area contributed by atoms with E-state index >= 15 is 0 Å². The second kappa shape index (κ2) is 10.8. The minimum absolute atomic E-state index is 0. The number of nitrogens with zero attached hydrogens (tertiary/aromatic N) is 2. The van der Waals surface area contributed by atoms with E-state index in [0.717, 1.165) is 24.3 Å². The molecule has 0 saturated heterocycles. The first-order valence-corrected chi connectivity index (χ1v) is 7.11. The van der Waals surface area contributed by atoms with Crippen LogP contribution in [0.4, 0.5) is 0 Å². The summed E-state index contributed by atoms with van der Waals surface area (Å²) < 4.78 is 10.3. The molecule has 1 atom stereocenters. The number of guanidine groups is 1. The van der Waals surface area contributed by atoms with Gasteiger partial charge in [-0.15, -0.1) is 24.0 Å². The normalized spacial score (nSPS) is 13.1. The minimum Gasteiger partial charge on any atom is -0.383 e. The van der Waals surface area contributed by atoms with E-state index in [4.69, 9.17) is 15.0 Å². The number of hydrogen-bond donors (Lipinski definition) is 2. The second-order valence-electron chi connectivity index (χ2n) is 4.93. The molecule has 122 valence electrons. The molecule has 0 aliphatic carbocycles. The van der Waals surface area contributed by atoms with Gasteiger partial charge in [0.15, 0.2) is 11.7 Å². The molecule has 0 aliphatic heterocycles. The summed E-state index contributed by atoms with van der Waals surface area (Å²) in [7, 11) is 1.65. The number of nitrogens with two attached hydrogens (primary N) is 1. The van der Waals surface area contributed by atoms with Crippen LogP contribution in [0, 0.1) is 0 Å². The van der Waals surface area contributed by atoms with Gasteiger partial charge in [-0.25, -0.2) is 4.99 Å². The number of aliphatic imine (C=N–C) groups is 1. The first kappa shape index (κ1) is 20.2. The van der Waals surface area contributed by atoms with Gasteiger partial charge in [-0.3, -0.25) is 0 Å². The largest absolute Gasteiger partial charge is 0.383 e. The summed E-state index contributed by atoms with van der Waals surface area (Å²) in [6.07, 6.45) is 2.12. The van der Waals surface area contributed by atoms with E-state index < -0.39 is 0 Å². The van der Waals surface area contributed by atoms with Crippen molar-refractivity contribution in [1.29, 1.82) is 0 Å². The monoisotopic (exact) mass is 410 g/mol. The van der Waals surface area contributed by atoms with Crippen LogP contribution in [0.5, 0.6) is 0 Å². The predicted molar refractivity (Wildman–Crippen MR) is 95.0 cm³/mol. The quantitative estimate of drug-likeness (QED) is 0.391. The van der Waals surface area contributed by atoms with Crippen molar-refractivity contribution in [1.82, 2.24) is 10.5 Å². The summed E-state index contributed by atoms with van der Waals surface area (Å²) in [4.78, 5) is 4.23. The highest BCUT2D eigenvalue weighted by Gasteiger charge is 2.12. The third-order valence-corrected chi connectivity index (χ3v) is 3.20. The van der Waals surface area contributed by atoms with Gasteiger partial charge in [0.05, 0.1) is 12.3 Å². The lowest BCUT2D eigenvalue weighted by Crippen LogP contribution is -2.40. The van der Waals surface area contributed by atoms with Crippen molar-refractivity contribution in [2.75, 3.05) is 13.7 Å². The van der Waals surface area contributed by atoms with Crippen molar-refractivity contribution in [3.63, 3.8) is 0 Å². The zero-order chi connectivity index (χ0) is 15.0. The summed E-state index contributed by atoms with van der Waals surface area (Å²) in [5.74, 6) is 1.57. The van der Waals surface area contributed by atoms with Gasteiger partial charge < -0.3 is 20.3 Å². The molecule has 0 spiro atoms. The molecule has 1 rings (SSSR count). The highest BCUT2D eigenvalue weighted by Crippen LogP contribution is 2.22. The summed E-state index contributed by atoms with van der Waals surface area (Å²) >= 11 is 0. The Morgan fingerprint density at radius 3 is 2.71 bits per heavy atom. The van der Waals surface area contributed by atoms with Gasteiger partial charge in [0.2, 0.25) is 0 Å². The number of rotatable bonds is 8. The number of methoxy groups -OCH3 is 1. The maximum absolute atomic E-state index is 5.79. The van der Waals surface area contributed by atoms with Gasteiger partial charge >= 0.3 is 0 Å². The SMILES string of the molecule is CCC(CC)c1cc(CN=C(N)NC(C)COC)on1.I. The molecular formula is C14H27IN4O2. The van der Waals surface area contributed by atoms with Crippen molar-refractivity contribution >= 4 is 29.9 Å². The Labute approximate surface area is 143 Å². The topological polar surface area (TPSA) is 85.7 Å². The maximum Gasteiger partial charge on any atom is 0.189 e. The molecule has 0 aliphatic rings. The van der Waals surface area contributed by atoms with Gasteiger partial charge in [-0.05, 0) is 19.8 Å². The Morgan fingerprint density at radius 2 is 2.14 bits per heavy atom. The zero-order valence-corrected chi connectivity index (χ0v) is 15.6. The lowest BCUT2D eigenvalue weighted by Gasteiger charge is -2.12. The molecule has 0 saturated carbocycles. The van der Waals surface area contributed by atoms with Gasteiger partial charge in [0, 0.05) is 25.1 Å². The number of ether oxygens (including phenoxy) is 1. The molecule has 0 radical (unpaired) electrons. The van der Waals surface area contributed by atoms with E-state index in [1.165, 1.54) is 0 Å². The standard InChI is InChI=1S/C14H26N4O2.HI/c1-5-11(6-2)13-7-12(20-18-13)8-16-14(15)17-10(3)9-19-4;/h7,10-11H,5-6,8-9H2,1-4H3,(H3,15,16,17);1H. The molecule has 1 heterocycles. The average molecular weight is 410 g/mol. The second-order valence-corrected chi connectivity index (χ2v) is 4.93. The van der Waals surface area contributed by atoms with Gasteiger partial charge in [-0.2, -0.15) is 0 Å². The summed E-state index contributed by atoms with van der Waals surface area (Å²) in [6, 6.07) is 2.09. The van der Waals surface area contributed by atoms with E-state index in [2.05, 4.69) is 29.3 Å². The maximum atomic E-state index is 5.79. The third-order valence-electron chi connectivity index (χ3n) is 3.20. The Kier molecular flexibility index (Phi) is 10.4. The average Bonchev–Trinajstić information content (AvgIpc) is 2.87. The Bertz CT molecular complexity index is 419. The molecule has 21 heavy (non-hydrogen) atoms. The summed E-state index contributed by atoms with van der Waals surface area (Å²) in [5.41, 5.74) is 6.79. The van der Waals surface area contributed by atoms with Crippen LogP contribution in [0.2, 0.25) is 0 Å². The van der Waals surface area contributed by atoms with Crippen LogP contribution in [-0.2, 0) is 11.3 Å². The summed E-state index contributed by atoms with van der Waals surface area (Å²) in [5, 5.41) is 7.14. The number of hydrogen-bond acceptors (Lipinski definition) is 4. The Morgan fingerprint density at radius 1 is 1.48 bits per heavy atom. The highest BCUT2D eigenvalue weighted by atomic mass is 127. The molecule has 0 fully saturated rings. The fourth-order valence-electron chi connectivity index (χ4n) is 2.06. The number of nitrogens with one attached hydrogen (secondary N) is 1. The van der Waals surface area contributed by atoms with Crippen molar-refractivity contribution < 1.29 is 9.26 Å². The molecular weight excluding hydrogens is 383 g/mol. The Hall–Kier alpha value is -0.830. The first-order chi connectivity index (χ1) is 9.60. The van der Waals surface area contributed by atoms with Crippen LogP contribution in [-0.4, -0.2) is 30.9 Å². The van der Waals surface area contributed by atoms with E-state index in [0.29, 0.717) is 25.0 Å². The van der Waals surface area contributed by atoms with E-state index in [1.54, 1.807) is 7.11 Å². The van der Waals surface area contributed by atoms with Crippen molar-refractivity contribution in [2.24, 2.45) is 10.7 Å². The van der Waals surface area contributed by atoms with Crippen LogP contribution in [0.15, 0.2) is 15.6 Å². The number of aromatic nitrogens is 1. The van der Waals surface area contributed by atoms with Crippen LogP contribution in [0.25, 0.3) is 0 Å². The minimum atomic E-state index is 0. The third kappa shape index (κ3) is 7.12. The molecule has 1 unspecified atom stereocenters. The van der Waals surface area contributed by atoms with Crippen molar-refractivity contribution in [3.05, 3.63) is 17.5 Å². The smallest absolute Gasteiger partial charge is 0.189 e. The lowest BCUT2D eigenvalue weighted by molar-refractivity contribution is 0.179. The van der Waals surface area contributed by atoms with Gasteiger partial charge in [-0.1, -0.05) is 19.0 Å². The predicted octanol–water partition coefficient (Wildman–Crippen LogP) is 2.64. The van der Waals surface area contributed by atoms with Crippen LogP contribution < -0.4 is 11.1 Å². The van der Waals surface area contributed by atoms with Crippen LogP contribution >= 0.6 is 24.0 Å². The number of halogens is 1. The van der Waals surface area contributed by atoms with Crippen LogP contribution in [0.1, 0.15) is 51.0 Å².